The van der Waals surface area contributed by atoms with E-state index in [0.717, 1.165) is 12.3 Å². The number of halogens is 5. The zero-order chi connectivity index (χ0) is 9.19. The van der Waals surface area contributed by atoms with E-state index in [-0.39, 0.29) is 18.3 Å². The van der Waals surface area contributed by atoms with Crippen molar-refractivity contribution in [2.75, 3.05) is 0 Å². The van der Waals surface area contributed by atoms with Crippen LogP contribution in [0.5, 0.6) is 0 Å². The van der Waals surface area contributed by atoms with Crippen molar-refractivity contribution in [1.29, 1.82) is 0 Å². The third-order valence-corrected chi connectivity index (χ3v) is 1.58. The van der Waals surface area contributed by atoms with Crippen molar-refractivity contribution < 1.29 is 13.2 Å². The Balaban J connectivity index is 0.00000144. The van der Waals surface area contributed by atoms with Crippen LogP contribution >= 0.6 is 24.0 Å². The van der Waals surface area contributed by atoms with Crippen molar-refractivity contribution in [3.8, 4) is 0 Å². The molecule has 0 amide bonds. The molecular weight excluding hydrogens is 226 g/mol. The lowest BCUT2D eigenvalue weighted by molar-refractivity contribution is -0.141. The maximum atomic E-state index is 11.9. The van der Waals surface area contributed by atoms with Gasteiger partial charge in [-0.1, -0.05) is 6.07 Å². The molecule has 1 aromatic rings. The highest BCUT2D eigenvalue weighted by Crippen LogP contribution is 2.27. The lowest BCUT2D eigenvalue weighted by atomic mass is 10.3. The summed E-state index contributed by atoms with van der Waals surface area (Å²) in [5.74, 6) is 0.172. The second-order valence-electron chi connectivity index (χ2n) is 2.18. The van der Waals surface area contributed by atoms with Gasteiger partial charge in [-0.2, -0.15) is 13.2 Å². The van der Waals surface area contributed by atoms with Crippen LogP contribution < -0.4 is 0 Å². The minimum absolute atomic E-state index is 0. The summed E-state index contributed by atoms with van der Waals surface area (Å²) in [5.41, 5.74) is -0.318. The molecule has 0 saturated heterocycles. The highest BCUT2D eigenvalue weighted by molar-refractivity contribution is 6.17. The molecule has 0 fully saturated rings. The summed E-state index contributed by atoms with van der Waals surface area (Å²) in [6.07, 6.45) is -3.25. The van der Waals surface area contributed by atoms with E-state index in [4.69, 9.17) is 11.6 Å². The van der Waals surface area contributed by atoms with Crippen molar-refractivity contribution in [3.05, 3.63) is 29.6 Å². The van der Waals surface area contributed by atoms with Gasteiger partial charge in [-0.05, 0) is 11.6 Å². The summed E-state index contributed by atoms with van der Waals surface area (Å²) in [4.78, 5) is 3.21. The van der Waals surface area contributed by atoms with E-state index in [9.17, 15) is 13.2 Å². The predicted molar refractivity (Wildman–Crippen MR) is 46.0 cm³/mol. The van der Waals surface area contributed by atoms with Crippen LogP contribution in [0.1, 0.15) is 11.3 Å². The van der Waals surface area contributed by atoms with E-state index in [0.29, 0.717) is 5.56 Å². The molecule has 1 rings (SSSR count). The highest BCUT2D eigenvalue weighted by atomic mass is 35.5. The van der Waals surface area contributed by atoms with E-state index >= 15 is 0 Å². The van der Waals surface area contributed by atoms with Gasteiger partial charge in [0, 0.05) is 12.1 Å². The van der Waals surface area contributed by atoms with Gasteiger partial charge in [-0.3, -0.25) is 4.98 Å². The number of aromatic nitrogens is 1. The Morgan fingerprint density at radius 2 is 1.92 bits per heavy atom. The molecule has 0 unspecified atom stereocenters. The number of hydrogen-bond acceptors (Lipinski definition) is 1. The van der Waals surface area contributed by atoms with E-state index < -0.39 is 11.9 Å². The summed E-state index contributed by atoms with van der Waals surface area (Å²) < 4.78 is 35.8. The van der Waals surface area contributed by atoms with Gasteiger partial charge in [0.15, 0.2) is 0 Å². The summed E-state index contributed by atoms with van der Waals surface area (Å²) in [7, 11) is 0. The van der Waals surface area contributed by atoms with Gasteiger partial charge in [0.05, 0.1) is 0 Å². The Morgan fingerprint density at radius 3 is 2.23 bits per heavy atom. The predicted octanol–water partition coefficient (Wildman–Crippen LogP) is 3.26. The molecule has 0 N–H and O–H groups in total. The Hall–Kier alpha value is -0.480. The van der Waals surface area contributed by atoms with Crippen LogP contribution in [0.3, 0.4) is 0 Å². The molecule has 0 bridgehead atoms. The molecule has 1 nitrogen and oxygen atoms in total. The van der Waals surface area contributed by atoms with Crippen molar-refractivity contribution in [1.82, 2.24) is 4.98 Å². The molecular formula is C7H6Cl2F3N. The Kier molecular flexibility index (Phi) is 4.50. The zero-order valence-electron chi connectivity index (χ0n) is 6.31. The average Bonchev–Trinajstić information content (AvgIpc) is 2.03. The fourth-order valence-electron chi connectivity index (χ4n) is 0.671. The molecule has 1 aromatic heterocycles. The topological polar surface area (TPSA) is 12.9 Å². The van der Waals surface area contributed by atoms with Crippen LogP contribution in [0.2, 0.25) is 0 Å². The first-order valence-corrected chi connectivity index (χ1v) is 3.65. The molecule has 13 heavy (non-hydrogen) atoms. The first kappa shape index (κ1) is 12.5. The van der Waals surface area contributed by atoms with E-state index in [1.54, 1.807) is 0 Å². The van der Waals surface area contributed by atoms with Gasteiger partial charge < -0.3 is 0 Å². The van der Waals surface area contributed by atoms with E-state index in [2.05, 4.69) is 4.98 Å². The number of hydrogen-bond donors (Lipinski definition) is 0. The first-order valence-electron chi connectivity index (χ1n) is 3.12. The molecule has 0 spiro atoms. The molecule has 6 heteroatoms. The van der Waals surface area contributed by atoms with Gasteiger partial charge in [-0.15, -0.1) is 24.0 Å². The standard InChI is InChI=1S/C7H5ClF3N.ClH/c8-3-5-1-2-6(12-4-5)7(9,10)11;/h1-2,4H,3H2;1H. The van der Waals surface area contributed by atoms with Crippen molar-refractivity contribution >= 4 is 24.0 Å². The quantitative estimate of drug-likeness (QED) is 0.677. The SMILES string of the molecule is Cl.FC(F)(F)c1ccc(CCl)cn1. The van der Waals surface area contributed by atoms with Crippen LogP contribution in [0.4, 0.5) is 13.2 Å². The van der Waals surface area contributed by atoms with Crippen molar-refractivity contribution in [2.24, 2.45) is 0 Å². The molecule has 74 valence electrons. The lowest BCUT2D eigenvalue weighted by Gasteiger charge is -2.04. The van der Waals surface area contributed by atoms with E-state index in [1.807, 2.05) is 0 Å². The average molecular weight is 232 g/mol. The van der Waals surface area contributed by atoms with Crippen LogP contribution in [0.15, 0.2) is 18.3 Å². The van der Waals surface area contributed by atoms with Crippen LogP contribution in [0, 0.1) is 0 Å². The van der Waals surface area contributed by atoms with Crippen LogP contribution in [-0.4, -0.2) is 4.98 Å². The number of nitrogens with zero attached hydrogens (tertiary/aromatic N) is 1. The number of alkyl halides is 4. The van der Waals surface area contributed by atoms with Gasteiger partial charge in [0.1, 0.15) is 5.69 Å². The minimum atomic E-state index is -4.37. The van der Waals surface area contributed by atoms with E-state index in [1.165, 1.54) is 6.07 Å². The first-order chi connectivity index (χ1) is 5.54. The maximum Gasteiger partial charge on any atom is 0.433 e. The normalized spacial score (nSPS) is 10.8. The third kappa shape index (κ3) is 3.40. The lowest BCUT2D eigenvalue weighted by Crippen LogP contribution is -2.07. The summed E-state index contributed by atoms with van der Waals surface area (Å²) >= 11 is 5.37. The molecule has 0 atom stereocenters. The molecule has 0 radical (unpaired) electrons. The highest BCUT2D eigenvalue weighted by Gasteiger charge is 2.31. The van der Waals surface area contributed by atoms with Crippen molar-refractivity contribution in [2.45, 2.75) is 12.1 Å². The molecule has 0 aliphatic heterocycles. The molecule has 0 aliphatic carbocycles. The van der Waals surface area contributed by atoms with Gasteiger partial charge in [0.25, 0.3) is 0 Å². The van der Waals surface area contributed by atoms with Gasteiger partial charge in [-0.25, -0.2) is 0 Å². The van der Waals surface area contributed by atoms with Crippen LogP contribution in [0.25, 0.3) is 0 Å². The third-order valence-electron chi connectivity index (χ3n) is 1.27. The fourth-order valence-corrected chi connectivity index (χ4v) is 0.829. The fraction of sp³-hybridized carbons (Fsp3) is 0.286. The summed E-state index contributed by atoms with van der Waals surface area (Å²) in [5, 5.41) is 0. The zero-order valence-corrected chi connectivity index (χ0v) is 7.88. The minimum Gasteiger partial charge on any atom is -0.251 e. The monoisotopic (exact) mass is 231 g/mol. The van der Waals surface area contributed by atoms with Gasteiger partial charge in [0.2, 0.25) is 0 Å². The molecule has 0 aromatic carbocycles. The number of rotatable bonds is 1. The molecule has 0 saturated carbocycles. The number of pyridine rings is 1. The molecule has 1 heterocycles. The van der Waals surface area contributed by atoms with Crippen molar-refractivity contribution in [3.63, 3.8) is 0 Å². The Bertz CT molecular complexity index is 257. The second-order valence-corrected chi connectivity index (χ2v) is 2.45. The Labute approximate surface area is 84.3 Å². The Morgan fingerprint density at radius 1 is 1.31 bits per heavy atom. The second kappa shape index (κ2) is 4.67. The van der Waals surface area contributed by atoms with Gasteiger partial charge >= 0.3 is 6.18 Å². The smallest absolute Gasteiger partial charge is 0.251 e. The summed E-state index contributed by atoms with van der Waals surface area (Å²) in [6, 6.07) is 2.22. The summed E-state index contributed by atoms with van der Waals surface area (Å²) in [6.45, 7) is 0. The van der Waals surface area contributed by atoms with Crippen LogP contribution in [-0.2, 0) is 12.1 Å². The maximum absolute atomic E-state index is 11.9. The largest absolute Gasteiger partial charge is 0.433 e. The molecule has 0 aliphatic rings.